The first-order valence-electron chi connectivity index (χ1n) is 11.2. The number of rotatable bonds is 4. The monoisotopic (exact) mass is 451 g/mol. The van der Waals surface area contributed by atoms with Crippen molar-refractivity contribution in [1.29, 1.82) is 0 Å². The van der Waals surface area contributed by atoms with Gasteiger partial charge in [-0.1, -0.05) is 0 Å². The van der Waals surface area contributed by atoms with Crippen molar-refractivity contribution >= 4 is 22.6 Å². The van der Waals surface area contributed by atoms with Crippen LogP contribution in [0.25, 0.3) is 11.0 Å². The molecule has 1 amide bonds. The summed E-state index contributed by atoms with van der Waals surface area (Å²) in [6.07, 6.45) is 5.78. The van der Waals surface area contributed by atoms with E-state index >= 15 is 0 Å². The molecule has 172 valence electrons. The fourth-order valence-electron chi connectivity index (χ4n) is 4.93. The van der Waals surface area contributed by atoms with Gasteiger partial charge in [0.15, 0.2) is 5.65 Å². The molecular formula is C23H26FN7O2. The highest BCUT2D eigenvalue weighted by atomic mass is 19.1. The Morgan fingerprint density at radius 2 is 1.97 bits per heavy atom. The molecule has 1 aliphatic carbocycles. The fraction of sp³-hybridized carbons (Fsp3) is 0.435. The van der Waals surface area contributed by atoms with Crippen LogP contribution in [-0.4, -0.2) is 70.0 Å². The Labute approximate surface area is 190 Å². The van der Waals surface area contributed by atoms with Crippen molar-refractivity contribution in [3.05, 3.63) is 58.3 Å². The van der Waals surface area contributed by atoms with Crippen LogP contribution in [0, 0.1) is 5.82 Å². The molecule has 1 saturated heterocycles. The smallest absolute Gasteiger partial charge is 0.269 e. The molecule has 0 spiro atoms. The number of hydrogen-bond donors (Lipinski definition) is 2. The van der Waals surface area contributed by atoms with Gasteiger partial charge in [0.05, 0.1) is 23.5 Å². The van der Waals surface area contributed by atoms with E-state index in [4.69, 9.17) is 0 Å². The second-order valence-corrected chi connectivity index (χ2v) is 8.64. The first-order chi connectivity index (χ1) is 16.0. The van der Waals surface area contributed by atoms with Gasteiger partial charge >= 0.3 is 0 Å². The van der Waals surface area contributed by atoms with E-state index in [0.29, 0.717) is 23.2 Å². The van der Waals surface area contributed by atoms with Gasteiger partial charge in [0.25, 0.3) is 11.5 Å². The van der Waals surface area contributed by atoms with E-state index in [1.54, 1.807) is 19.3 Å². The van der Waals surface area contributed by atoms with Gasteiger partial charge in [0.2, 0.25) is 0 Å². The molecule has 33 heavy (non-hydrogen) atoms. The number of aromatic amines is 1. The number of pyridine rings is 2. The van der Waals surface area contributed by atoms with Crippen LogP contribution in [0.3, 0.4) is 0 Å². The maximum atomic E-state index is 13.4. The summed E-state index contributed by atoms with van der Waals surface area (Å²) in [5.41, 5.74) is 1.39. The second kappa shape index (κ2) is 8.86. The number of amides is 1. The molecule has 0 radical (unpaired) electrons. The average Bonchev–Trinajstić information content (AvgIpc) is 3.34. The minimum absolute atomic E-state index is 0.165. The number of piperazine rings is 1. The molecule has 1 saturated carbocycles. The van der Waals surface area contributed by atoms with E-state index < -0.39 is 5.82 Å². The molecule has 9 nitrogen and oxygen atoms in total. The Hall–Kier alpha value is -3.40. The third kappa shape index (κ3) is 4.30. The van der Waals surface area contributed by atoms with Crippen LogP contribution >= 0.6 is 0 Å². The lowest BCUT2D eigenvalue weighted by Gasteiger charge is -2.39. The zero-order chi connectivity index (χ0) is 22.9. The van der Waals surface area contributed by atoms with Gasteiger partial charge in [-0.25, -0.2) is 19.3 Å². The molecule has 0 unspecified atom stereocenters. The number of nitrogens with one attached hydrogen (secondary N) is 2. The number of hydrogen-bond acceptors (Lipinski definition) is 7. The summed E-state index contributed by atoms with van der Waals surface area (Å²) in [5, 5.41) is 2.76. The van der Waals surface area contributed by atoms with Crippen LogP contribution in [0.15, 0.2) is 35.4 Å². The third-order valence-electron chi connectivity index (χ3n) is 6.74. The van der Waals surface area contributed by atoms with Gasteiger partial charge in [0.1, 0.15) is 17.3 Å². The van der Waals surface area contributed by atoms with E-state index in [9.17, 15) is 14.0 Å². The number of carbonyl (C=O) groups is 1. The molecule has 2 atom stereocenters. The molecule has 10 heteroatoms. The molecule has 1 aliphatic heterocycles. The topological polar surface area (TPSA) is 107 Å². The molecule has 5 rings (SSSR count). The number of halogens is 1. The quantitative estimate of drug-likeness (QED) is 0.621. The molecule has 0 bridgehead atoms. The molecule has 0 aromatic carbocycles. The van der Waals surface area contributed by atoms with Crippen LogP contribution in [0.2, 0.25) is 0 Å². The lowest BCUT2D eigenvalue weighted by atomic mass is 10.1. The molecular weight excluding hydrogens is 425 g/mol. The van der Waals surface area contributed by atoms with Crippen LogP contribution < -0.4 is 15.8 Å². The predicted octanol–water partition coefficient (Wildman–Crippen LogP) is 1.67. The number of anilines is 1. The Morgan fingerprint density at radius 1 is 1.15 bits per heavy atom. The van der Waals surface area contributed by atoms with Crippen molar-refractivity contribution in [1.82, 2.24) is 30.2 Å². The zero-order valence-corrected chi connectivity index (χ0v) is 18.4. The summed E-state index contributed by atoms with van der Waals surface area (Å²) < 4.78 is 13.4. The summed E-state index contributed by atoms with van der Waals surface area (Å²) >= 11 is 0. The first kappa shape index (κ1) is 21.4. The molecule has 3 aromatic rings. The molecule has 2 N–H and O–H groups in total. The highest BCUT2D eigenvalue weighted by Crippen LogP contribution is 2.36. The van der Waals surface area contributed by atoms with Gasteiger partial charge in [0, 0.05) is 45.2 Å². The second-order valence-electron chi connectivity index (χ2n) is 8.64. The number of aromatic nitrogens is 4. The van der Waals surface area contributed by atoms with Crippen molar-refractivity contribution in [2.24, 2.45) is 0 Å². The van der Waals surface area contributed by atoms with Crippen molar-refractivity contribution < 1.29 is 9.18 Å². The Balaban J connectivity index is 1.21. The third-order valence-corrected chi connectivity index (χ3v) is 6.74. The minimum atomic E-state index is -0.541. The number of H-pyrrole nitrogens is 1. The summed E-state index contributed by atoms with van der Waals surface area (Å²) in [6, 6.07) is 5.31. The Morgan fingerprint density at radius 3 is 2.70 bits per heavy atom. The zero-order valence-electron chi connectivity index (χ0n) is 18.4. The van der Waals surface area contributed by atoms with E-state index in [-0.39, 0.29) is 22.8 Å². The highest BCUT2D eigenvalue weighted by Gasteiger charge is 2.33. The molecule has 4 heterocycles. The van der Waals surface area contributed by atoms with E-state index in [1.807, 2.05) is 6.07 Å². The van der Waals surface area contributed by atoms with E-state index in [1.165, 1.54) is 6.07 Å². The number of carbonyl (C=O) groups excluding carboxylic acids is 1. The van der Waals surface area contributed by atoms with Crippen LogP contribution in [0.1, 0.15) is 41.5 Å². The Kier molecular flexibility index (Phi) is 5.76. The SMILES string of the molecule is CNC(=O)c1ccc(N2CCN([C@@H]3CC[C@@H](c4nc5ncc(F)cc5c(=O)[nH]4)C3)CC2)cn1. The fourth-order valence-corrected chi connectivity index (χ4v) is 4.93. The minimum Gasteiger partial charge on any atom is -0.368 e. The average molecular weight is 452 g/mol. The van der Waals surface area contributed by atoms with Gasteiger partial charge in [-0.05, 0) is 37.5 Å². The van der Waals surface area contributed by atoms with Crippen molar-refractivity contribution in [2.75, 3.05) is 38.1 Å². The largest absolute Gasteiger partial charge is 0.368 e. The molecule has 3 aromatic heterocycles. The summed E-state index contributed by atoms with van der Waals surface area (Å²) in [5.74, 6) is 0.0848. The van der Waals surface area contributed by atoms with Crippen LogP contribution in [0.5, 0.6) is 0 Å². The first-order valence-corrected chi connectivity index (χ1v) is 11.2. The van der Waals surface area contributed by atoms with Crippen molar-refractivity contribution in [2.45, 2.75) is 31.2 Å². The van der Waals surface area contributed by atoms with E-state index in [0.717, 1.165) is 57.3 Å². The number of fused-ring (bicyclic) bond motifs is 1. The lowest BCUT2D eigenvalue weighted by Crippen LogP contribution is -2.49. The molecule has 2 aliphatic rings. The standard InChI is InChI=1S/C23H26FN7O2/c1-25-23(33)19-5-4-17(13-26-19)31-8-6-30(7-9-31)16-3-2-14(10-16)20-28-21-18(22(32)29-20)11-15(24)12-27-21/h4-5,11-14,16H,2-3,6-10H2,1H3,(H,25,33)(H,27,28,29,32)/t14-,16-/m1/s1. The Bertz CT molecular complexity index is 1220. The van der Waals surface area contributed by atoms with Gasteiger partial charge in [-0.3, -0.25) is 14.5 Å². The van der Waals surface area contributed by atoms with Gasteiger partial charge < -0.3 is 15.2 Å². The van der Waals surface area contributed by atoms with Gasteiger partial charge in [-0.15, -0.1) is 0 Å². The van der Waals surface area contributed by atoms with Crippen LogP contribution in [-0.2, 0) is 0 Å². The summed E-state index contributed by atoms with van der Waals surface area (Å²) in [7, 11) is 1.59. The van der Waals surface area contributed by atoms with Crippen LogP contribution in [0.4, 0.5) is 10.1 Å². The lowest BCUT2D eigenvalue weighted by molar-refractivity contribution is 0.0958. The van der Waals surface area contributed by atoms with Crippen molar-refractivity contribution in [3.8, 4) is 0 Å². The van der Waals surface area contributed by atoms with Crippen molar-refractivity contribution in [3.63, 3.8) is 0 Å². The van der Waals surface area contributed by atoms with E-state index in [2.05, 4.69) is 35.1 Å². The molecule has 2 fully saturated rings. The van der Waals surface area contributed by atoms with Gasteiger partial charge in [-0.2, -0.15) is 0 Å². The maximum absolute atomic E-state index is 13.4. The predicted molar refractivity (Wildman–Crippen MR) is 122 cm³/mol. The maximum Gasteiger partial charge on any atom is 0.269 e. The summed E-state index contributed by atoms with van der Waals surface area (Å²) in [6.45, 7) is 3.67. The number of nitrogens with zero attached hydrogens (tertiary/aromatic N) is 5. The normalized spacial score (nSPS) is 21.5. The highest BCUT2D eigenvalue weighted by molar-refractivity contribution is 5.92. The summed E-state index contributed by atoms with van der Waals surface area (Å²) in [4.78, 5) is 44.5.